The molecule has 0 saturated heterocycles. The number of carbonyl (C=O) groups is 1. The number of nitrogens with one attached hydrogen (secondary N) is 1. The van der Waals surface area contributed by atoms with Gasteiger partial charge in [-0.1, -0.05) is 28.1 Å². The van der Waals surface area contributed by atoms with E-state index in [9.17, 15) is 18.0 Å². The van der Waals surface area contributed by atoms with Crippen molar-refractivity contribution in [1.82, 2.24) is 5.32 Å². The Bertz CT molecular complexity index is 657. The molecule has 0 spiro atoms. The van der Waals surface area contributed by atoms with Gasteiger partial charge in [-0.15, -0.1) is 0 Å². The summed E-state index contributed by atoms with van der Waals surface area (Å²) < 4.78 is 42.1. The minimum atomic E-state index is -2.88. The molecule has 1 N–H and O–H groups in total. The van der Waals surface area contributed by atoms with E-state index in [4.69, 9.17) is 0 Å². The Kier molecular flexibility index (Phi) is 6.04. The number of ether oxygens (including phenoxy) is 1. The number of rotatable bonds is 6. The van der Waals surface area contributed by atoms with Gasteiger partial charge in [-0.2, -0.15) is 8.78 Å². The van der Waals surface area contributed by atoms with Gasteiger partial charge in [0.05, 0.1) is 6.42 Å². The van der Waals surface area contributed by atoms with Gasteiger partial charge in [-0.05, 0) is 41.5 Å². The van der Waals surface area contributed by atoms with E-state index < -0.39 is 12.4 Å². The number of hydrogen-bond donors (Lipinski definition) is 1. The molecular weight excluding hydrogens is 375 g/mol. The number of benzene rings is 2. The van der Waals surface area contributed by atoms with Gasteiger partial charge >= 0.3 is 6.61 Å². The van der Waals surface area contributed by atoms with Crippen LogP contribution in [0.1, 0.15) is 11.1 Å². The van der Waals surface area contributed by atoms with Crippen LogP contribution in [0.15, 0.2) is 46.9 Å². The molecule has 1 amide bonds. The summed E-state index contributed by atoms with van der Waals surface area (Å²) in [5.41, 5.74) is 1.29. The number of carbonyl (C=O) groups excluding carboxylic acids is 1. The molecule has 2 rings (SSSR count). The molecule has 0 aliphatic carbocycles. The van der Waals surface area contributed by atoms with Gasteiger partial charge in [0.1, 0.15) is 11.6 Å². The number of alkyl halides is 2. The Hall–Kier alpha value is -2.02. The van der Waals surface area contributed by atoms with Crippen LogP contribution in [0, 0.1) is 5.82 Å². The molecule has 7 heteroatoms. The Morgan fingerprint density at radius 1 is 1.13 bits per heavy atom. The van der Waals surface area contributed by atoms with E-state index in [0.29, 0.717) is 15.6 Å². The van der Waals surface area contributed by atoms with Crippen LogP contribution in [0.25, 0.3) is 0 Å². The highest BCUT2D eigenvalue weighted by atomic mass is 79.9. The fourth-order valence-corrected chi connectivity index (χ4v) is 2.46. The fraction of sp³-hybridized carbons (Fsp3) is 0.188. The molecule has 0 atom stereocenters. The molecule has 0 fully saturated rings. The van der Waals surface area contributed by atoms with Gasteiger partial charge < -0.3 is 10.1 Å². The average Bonchev–Trinajstić information content (AvgIpc) is 2.46. The van der Waals surface area contributed by atoms with Crippen LogP contribution in [-0.2, 0) is 17.8 Å². The zero-order valence-electron chi connectivity index (χ0n) is 11.9. The van der Waals surface area contributed by atoms with Crippen molar-refractivity contribution in [1.29, 1.82) is 0 Å². The number of hydrogen-bond acceptors (Lipinski definition) is 2. The van der Waals surface area contributed by atoms with Gasteiger partial charge in [0, 0.05) is 11.0 Å². The summed E-state index contributed by atoms with van der Waals surface area (Å²) in [5.74, 6) is -0.611. The fourth-order valence-electron chi connectivity index (χ4n) is 1.95. The highest BCUT2D eigenvalue weighted by molar-refractivity contribution is 9.10. The quantitative estimate of drug-likeness (QED) is 0.811. The first-order valence-corrected chi connectivity index (χ1v) is 7.47. The van der Waals surface area contributed by atoms with Crippen LogP contribution < -0.4 is 10.1 Å². The molecule has 23 heavy (non-hydrogen) atoms. The summed E-state index contributed by atoms with van der Waals surface area (Å²) in [5, 5.41) is 2.67. The van der Waals surface area contributed by atoms with E-state index in [1.54, 1.807) is 6.07 Å². The molecule has 0 unspecified atom stereocenters. The Morgan fingerprint density at radius 2 is 1.83 bits per heavy atom. The van der Waals surface area contributed by atoms with Gasteiger partial charge in [-0.3, -0.25) is 4.79 Å². The van der Waals surface area contributed by atoms with Crippen LogP contribution in [0.2, 0.25) is 0 Å². The summed E-state index contributed by atoms with van der Waals surface area (Å²) in [6, 6.07) is 10.2. The Labute approximate surface area is 139 Å². The van der Waals surface area contributed by atoms with Crippen LogP contribution in [0.3, 0.4) is 0 Å². The van der Waals surface area contributed by atoms with Gasteiger partial charge in [0.15, 0.2) is 0 Å². The molecular formula is C16H13BrF3NO2. The standard InChI is InChI=1S/C16H13BrF3NO2/c17-12-5-11(6-13(18)8-12)9-21-15(22)7-10-1-3-14(4-2-10)23-16(19)20/h1-6,8,16H,7,9H2,(H,21,22). The van der Waals surface area contributed by atoms with Crippen molar-refractivity contribution < 1.29 is 22.7 Å². The summed E-state index contributed by atoms with van der Waals surface area (Å²) in [4.78, 5) is 11.9. The van der Waals surface area contributed by atoms with E-state index in [1.165, 1.54) is 36.4 Å². The van der Waals surface area contributed by atoms with E-state index >= 15 is 0 Å². The van der Waals surface area contributed by atoms with Gasteiger partial charge in [0.25, 0.3) is 0 Å². The minimum Gasteiger partial charge on any atom is -0.435 e. The molecule has 0 aromatic heterocycles. The highest BCUT2D eigenvalue weighted by Crippen LogP contribution is 2.16. The van der Waals surface area contributed by atoms with Crippen molar-refractivity contribution in [2.24, 2.45) is 0 Å². The summed E-state index contributed by atoms with van der Waals surface area (Å²) in [6.45, 7) is -2.68. The maximum Gasteiger partial charge on any atom is 0.387 e. The first-order chi connectivity index (χ1) is 10.9. The molecule has 0 saturated carbocycles. The van der Waals surface area contributed by atoms with Crippen molar-refractivity contribution in [2.45, 2.75) is 19.6 Å². The topological polar surface area (TPSA) is 38.3 Å². The Morgan fingerprint density at radius 3 is 2.43 bits per heavy atom. The van der Waals surface area contributed by atoms with Gasteiger partial charge in [0.2, 0.25) is 5.91 Å². The third-order valence-corrected chi connectivity index (χ3v) is 3.38. The number of amides is 1. The van der Waals surface area contributed by atoms with Crippen molar-refractivity contribution in [3.63, 3.8) is 0 Å². The molecule has 122 valence electrons. The van der Waals surface area contributed by atoms with Crippen LogP contribution in [-0.4, -0.2) is 12.5 Å². The number of halogens is 4. The smallest absolute Gasteiger partial charge is 0.387 e. The lowest BCUT2D eigenvalue weighted by Crippen LogP contribution is -2.24. The maximum absolute atomic E-state index is 13.2. The third kappa shape index (κ3) is 5.94. The van der Waals surface area contributed by atoms with Gasteiger partial charge in [-0.25, -0.2) is 4.39 Å². The zero-order valence-corrected chi connectivity index (χ0v) is 13.4. The largest absolute Gasteiger partial charge is 0.435 e. The van der Waals surface area contributed by atoms with E-state index in [2.05, 4.69) is 26.0 Å². The molecule has 0 heterocycles. The van der Waals surface area contributed by atoms with E-state index in [0.717, 1.165) is 0 Å². The van der Waals surface area contributed by atoms with Crippen molar-refractivity contribution in [2.75, 3.05) is 0 Å². The Balaban J connectivity index is 1.87. The predicted molar refractivity (Wildman–Crippen MR) is 82.7 cm³/mol. The normalized spacial score (nSPS) is 10.7. The van der Waals surface area contributed by atoms with Crippen molar-refractivity contribution in [3.05, 3.63) is 63.9 Å². The molecule has 0 aliphatic heterocycles. The second kappa shape index (κ2) is 8.01. The highest BCUT2D eigenvalue weighted by Gasteiger charge is 2.07. The summed E-state index contributed by atoms with van der Waals surface area (Å²) in [6.07, 6.45) is 0.0887. The monoisotopic (exact) mass is 387 g/mol. The molecule has 0 aliphatic rings. The summed E-state index contributed by atoms with van der Waals surface area (Å²) in [7, 11) is 0. The van der Waals surface area contributed by atoms with E-state index in [-0.39, 0.29) is 24.6 Å². The van der Waals surface area contributed by atoms with Crippen molar-refractivity contribution in [3.8, 4) is 5.75 Å². The lowest BCUT2D eigenvalue weighted by molar-refractivity contribution is -0.120. The lowest BCUT2D eigenvalue weighted by atomic mass is 10.1. The summed E-state index contributed by atoms with van der Waals surface area (Å²) >= 11 is 3.18. The second-order valence-corrected chi connectivity index (χ2v) is 5.67. The minimum absolute atomic E-state index is 0.0359. The van der Waals surface area contributed by atoms with Crippen LogP contribution >= 0.6 is 15.9 Å². The van der Waals surface area contributed by atoms with Crippen LogP contribution in [0.5, 0.6) is 5.75 Å². The first kappa shape index (κ1) is 17.3. The maximum atomic E-state index is 13.2. The first-order valence-electron chi connectivity index (χ1n) is 6.68. The molecule has 3 nitrogen and oxygen atoms in total. The second-order valence-electron chi connectivity index (χ2n) is 4.75. The third-order valence-electron chi connectivity index (χ3n) is 2.93. The van der Waals surface area contributed by atoms with Crippen molar-refractivity contribution >= 4 is 21.8 Å². The lowest BCUT2D eigenvalue weighted by Gasteiger charge is -2.08. The van der Waals surface area contributed by atoms with Crippen LogP contribution in [0.4, 0.5) is 13.2 Å². The molecule has 2 aromatic rings. The molecule has 2 aromatic carbocycles. The predicted octanol–water partition coefficient (Wildman–Crippen LogP) is 4.05. The zero-order chi connectivity index (χ0) is 16.8. The molecule has 0 bridgehead atoms. The average molecular weight is 388 g/mol. The SMILES string of the molecule is O=C(Cc1ccc(OC(F)F)cc1)NCc1cc(F)cc(Br)c1. The van der Waals surface area contributed by atoms with E-state index in [1.807, 2.05) is 0 Å². The molecule has 0 radical (unpaired) electrons.